The summed E-state index contributed by atoms with van der Waals surface area (Å²) in [6.45, 7) is 5.21. The fourth-order valence-corrected chi connectivity index (χ4v) is 8.42. The van der Waals surface area contributed by atoms with Gasteiger partial charge in [0.1, 0.15) is 23.1 Å². The van der Waals surface area contributed by atoms with Crippen molar-refractivity contribution in [3.8, 4) is 11.5 Å². The number of hydrogen-bond acceptors (Lipinski definition) is 8. The van der Waals surface area contributed by atoms with Crippen molar-refractivity contribution in [1.29, 1.82) is 0 Å². The van der Waals surface area contributed by atoms with E-state index in [4.69, 9.17) is 14.2 Å². The van der Waals surface area contributed by atoms with Gasteiger partial charge in [0, 0.05) is 17.7 Å². The van der Waals surface area contributed by atoms with Crippen molar-refractivity contribution in [1.82, 2.24) is 5.32 Å². The molecule has 210 valence electrons. The van der Waals surface area contributed by atoms with Gasteiger partial charge >= 0.3 is 6.09 Å². The number of fused-ring (bicyclic) bond motifs is 1. The predicted molar refractivity (Wildman–Crippen MR) is 152 cm³/mol. The summed E-state index contributed by atoms with van der Waals surface area (Å²) in [6.07, 6.45) is -0.533. The molecule has 0 saturated carbocycles. The van der Waals surface area contributed by atoms with Gasteiger partial charge in [-0.3, -0.25) is 4.79 Å². The summed E-state index contributed by atoms with van der Waals surface area (Å²) >= 11 is 1.24. The van der Waals surface area contributed by atoms with Gasteiger partial charge in [-0.2, -0.15) is 4.99 Å². The van der Waals surface area contributed by atoms with Crippen LogP contribution in [0.25, 0.3) is 0 Å². The first kappa shape index (κ1) is 28.8. The highest BCUT2D eigenvalue weighted by atomic mass is 32.2. The molecule has 4 rings (SSSR count). The largest absolute Gasteiger partial charge is 0.497 e. The lowest BCUT2D eigenvalue weighted by molar-refractivity contribution is -0.119. The Morgan fingerprint density at radius 2 is 1.82 bits per heavy atom. The van der Waals surface area contributed by atoms with Crippen LogP contribution in [0.1, 0.15) is 26.3 Å². The zero-order valence-electron chi connectivity index (χ0n) is 22.5. The maximum atomic E-state index is 13.6. The number of hydrogen-bond donors (Lipinski definition) is 1. The lowest BCUT2D eigenvalue weighted by Gasteiger charge is -2.27. The fraction of sp³-hybridized carbons (Fsp3) is 0.444. The zero-order valence-corrected chi connectivity index (χ0v) is 24.2. The molecule has 2 aromatic rings. The minimum absolute atomic E-state index is 0.0259. The molecule has 1 N–H and O–H groups in total. The van der Waals surface area contributed by atoms with Crippen LogP contribution in [0.3, 0.4) is 0 Å². The number of carbonyl (C=O) groups is 2. The molecule has 0 bridgehead atoms. The van der Waals surface area contributed by atoms with Crippen molar-refractivity contribution < 1.29 is 32.2 Å². The van der Waals surface area contributed by atoms with Crippen molar-refractivity contribution >= 4 is 44.5 Å². The highest BCUT2D eigenvalue weighted by molar-refractivity contribution is 8.16. The monoisotopic (exact) mass is 575 g/mol. The molecule has 2 saturated heterocycles. The third kappa shape index (κ3) is 7.04. The van der Waals surface area contributed by atoms with E-state index in [-0.39, 0.29) is 23.2 Å². The Labute approximate surface area is 233 Å². The quantitative estimate of drug-likeness (QED) is 0.529. The van der Waals surface area contributed by atoms with E-state index in [1.165, 1.54) is 26.0 Å². The summed E-state index contributed by atoms with van der Waals surface area (Å²) in [5.41, 5.74) is 0.626. The Hall–Kier alpha value is -3.25. The smallest absolute Gasteiger partial charge is 0.408 e. The molecule has 3 atom stereocenters. The molecule has 2 heterocycles. The minimum Gasteiger partial charge on any atom is -0.497 e. The van der Waals surface area contributed by atoms with Gasteiger partial charge in [0.2, 0.25) is 0 Å². The highest BCUT2D eigenvalue weighted by Crippen LogP contribution is 2.45. The molecule has 2 aromatic carbocycles. The summed E-state index contributed by atoms with van der Waals surface area (Å²) in [5, 5.41) is 2.69. The first-order valence-electron chi connectivity index (χ1n) is 12.4. The highest BCUT2D eigenvalue weighted by Gasteiger charge is 2.50. The van der Waals surface area contributed by atoms with Gasteiger partial charge in [-0.25, -0.2) is 13.2 Å². The standard InChI is InChI=1S/C27H33N3O7S2/c1-27(2,3)37-26(32)28-19(13-17-9-7-6-8-10-17)24(31)29-25-30(21-15-39(33,34)16-23(21)38-25)20-14-18(35-4)11-12-22(20)36-5/h6-12,14,19,21,23H,13,15-16H2,1-5H3,(H,28,32)/t19-,21+,23+/m1/s1. The minimum atomic E-state index is -3.27. The van der Waals surface area contributed by atoms with Crippen molar-refractivity contribution in [3.63, 3.8) is 0 Å². The summed E-state index contributed by atoms with van der Waals surface area (Å²) < 4.78 is 41.4. The van der Waals surface area contributed by atoms with Gasteiger partial charge in [-0.05, 0) is 38.5 Å². The topological polar surface area (TPSA) is 124 Å². The predicted octanol–water partition coefficient (Wildman–Crippen LogP) is 3.44. The van der Waals surface area contributed by atoms with Gasteiger partial charge < -0.3 is 24.4 Å². The second-order valence-electron chi connectivity index (χ2n) is 10.3. The van der Waals surface area contributed by atoms with Crippen LogP contribution < -0.4 is 19.7 Å². The Kier molecular flexibility index (Phi) is 8.45. The number of carbonyl (C=O) groups excluding carboxylic acids is 2. The molecule has 2 amide bonds. The molecular formula is C27H33N3O7S2. The van der Waals surface area contributed by atoms with E-state index in [0.717, 1.165) is 5.56 Å². The molecule has 0 aliphatic carbocycles. The molecular weight excluding hydrogens is 542 g/mol. The number of rotatable bonds is 7. The lowest BCUT2D eigenvalue weighted by Crippen LogP contribution is -2.45. The molecule has 0 aromatic heterocycles. The fourth-order valence-electron chi connectivity index (χ4n) is 4.50. The Morgan fingerprint density at radius 3 is 2.46 bits per heavy atom. The van der Waals surface area contributed by atoms with Gasteiger partial charge in [0.05, 0.1) is 37.5 Å². The molecule has 10 nitrogen and oxygen atoms in total. The van der Waals surface area contributed by atoms with E-state index in [0.29, 0.717) is 22.4 Å². The van der Waals surface area contributed by atoms with Gasteiger partial charge in [0.15, 0.2) is 15.0 Å². The van der Waals surface area contributed by atoms with Crippen LogP contribution in [0, 0.1) is 0 Å². The Balaban J connectivity index is 1.71. The molecule has 39 heavy (non-hydrogen) atoms. The molecule has 2 aliphatic rings. The van der Waals surface area contributed by atoms with Crippen LogP contribution >= 0.6 is 11.8 Å². The lowest BCUT2D eigenvalue weighted by atomic mass is 10.1. The zero-order chi connectivity index (χ0) is 28.4. The number of ether oxygens (including phenoxy) is 3. The number of thioether (sulfide) groups is 1. The van der Waals surface area contributed by atoms with Crippen LogP contribution in [0.15, 0.2) is 53.5 Å². The van der Waals surface area contributed by atoms with Crippen LogP contribution in [-0.2, 0) is 25.8 Å². The SMILES string of the molecule is COc1ccc(OC)c(N2C(=NC(=O)[C@@H](Cc3ccccc3)NC(=O)OC(C)(C)C)S[C@H]3CS(=O)(=O)C[C@@H]32)c1. The maximum absolute atomic E-state index is 13.6. The van der Waals surface area contributed by atoms with E-state index in [1.54, 1.807) is 43.9 Å². The van der Waals surface area contributed by atoms with Gasteiger partial charge in [0.25, 0.3) is 5.91 Å². The van der Waals surface area contributed by atoms with Gasteiger partial charge in [-0.1, -0.05) is 42.1 Å². The van der Waals surface area contributed by atoms with Crippen molar-refractivity contribution in [2.45, 2.75) is 50.1 Å². The number of nitrogens with zero attached hydrogens (tertiary/aromatic N) is 2. The van der Waals surface area contributed by atoms with Crippen molar-refractivity contribution in [3.05, 3.63) is 54.1 Å². The van der Waals surface area contributed by atoms with E-state index in [1.807, 2.05) is 30.3 Å². The molecule has 0 unspecified atom stereocenters. The summed E-state index contributed by atoms with van der Waals surface area (Å²) in [7, 11) is -0.228. The number of alkyl carbamates (subject to hydrolysis) is 1. The number of anilines is 1. The summed E-state index contributed by atoms with van der Waals surface area (Å²) in [6, 6.07) is 13.0. The third-order valence-corrected chi connectivity index (χ3v) is 9.40. The number of methoxy groups -OCH3 is 2. The van der Waals surface area contributed by atoms with Crippen molar-refractivity contribution in [2.24, 2.45) is 4.99 Å². The van der Waals surface area contributed by atoms with E-state index < -0.39 is 39.5 Å². The maximum Gasteiger partial charge on any atom is 0.408 e. The average Bonchev–Trinajstić information content (AvgIpc) is 3.33. The number of nitrogens with one attached hydrogen (secondary N) is 1. The number of amidine groups is 1. The second-order valence-corrected chi connectivity index (χ2v) is 13.7. The van der Waals surface area contributed by atoms with E-state index in [9.17, 15) is 18.0 Å². The number of amides is 2. The first-order valence-corrected chi connectivity index (χ1v) is 15.1. The number of benzene rings is 2. The first-order chi connectivity index (χ1) is 18.4. The Bertz CT molecular complexity index is 1360. The number of sulfone groups is 1. The summed E-state index contributed by atoms with van der Waals surface area (Å²) in [5.74, 6) is 0.333. The second kappa shape index (κ2) is 11.5. The van der Waals surface area contributed by atoms with Crippen LogP contribution in [0.2, 0.25) is 0 Å². The molecule has 0 spiro atoms. The third-order valence-electron chi connectivity index (χ3n) is 6.19. The van der Waals surface area contributed by atoms with Gasteiger partial charge in [-0.15, -0.1) is 0 Å². The molecule has 2 fully saturated rings. The van der Waals surface area contributed by atoms with Crippen LogP contribution in [0.4, 0.5) is 10.5 Å². The Morgan fingerprint density at radius 1 is 1.10 bits per heavy atom. The number of aliphatic imine (C=N–C) groups is 1. The van der Waals surface area contributed by atoms with E-state index in [2.05, 4.69) is 10.3 Å². The van der Waals surface area contributed by atoms with Crippen LogP contribution in [-0.4, -0.2) is 74.2 Å². The molecule has 12 heteroatoms. The average molecular weight is 576 g/mol. The normalized spacial score (nSPS) is 21.8. The van der Waals surface area contributed by atoms with Crippen molar-refractivity contribution in [2.75, 3.05) is 30.6 Å². The molecule has 0 radical (unpaired) electrons. The van der Waals surface area contributed by atoms with E-state index >= 15 is 0 Å². The molecule has 2 aliphatic heterocycles. The van der Waals surface area contributed by atoms with Crippen LogP contribution in [0.5, 0.6) is 11.5 Å². The summed E-state index contributed by atoms with van der Waals surface area (Å²) in [4.78, 5) is 32.4.